The van der Waals surface area contributed by atoms with Gasteiger partial charge in [0.1, 0.15) is 4.83 Å². The van der Waals surface area contributed by atoms with E-state index in [0.717, 1.165) is 36.3 Å². The number of hydrogen-bond donors (Lipinski definition) is 1. The van der Waals surface area contributed by atoms with Crippen molar-refractivity contribution in [2.45, 2.75) is 19.4 Å². The Morgan fingerprint density at radius 2 is 2.50 bits per heavy atom. The van der Waals surface area contributed by atoms with E-state index < -0.39 is 0 Å². The van der Waals surface area contributed by atoms with Gasteiger partial charge >= 0.3 is 0 Å². The lowest BCUT2D eigenvalue weighted by Gasteiger charge is -2.22. The average molecular weight is 282 g/mol. The molecule has 2 aromatic heterocycles. The zero-order valence-electron chi connectivity index (χ0n) is 9.85. The Hall–Kier alpha value is -0.980. The van der Waals surface area contributed by atoms with E-state index in [2.05, 4.69) is 4.98 Å². The Morgan fingerprint density at radius 1 is 1.61 bits per heavy atom. The van der Waals surface area contributed by atoms with Crippen LogP contribution >= 0.6 is 23.6 Å². The molecule has 0 saturated carbocycles. The molecule has 1 atom stereocenters. The van der Waals surface area contributed by atoms with Crippen LogP contribution < -0.4 is 5.56 Å². The van der Waals surface area contributed by atoms with Crippen LogP contribution in [0.2, 0.25) is 0 Å². The minimum Gasteiger partial charge on any atom is -0.381 e. The molecule has 1 unspecified atom stereocenters. The molecule has 1 fully saturated rings. The van der Waals surface area contributed by atoms with E-state index in [-0.39, 0.29) is 5.56 Å². The lowest BCUT2D eigenvalue weighted by molar-refractivity contribution is 0.0478. The maximum atomic E-state index is 12.3. The van der Waals surface area contributed by atoms with Gasteiger partial charge in [-0.2, -0.15) is 0 Å². The molecule has 0 radical (unpaired) electrons. The highest BCUT2D eigenvalue weighted by Crippen LogP contribution is 2.17. The van der Waals surface area contributed by atoms with Crippen LogP contribution in [-0.2, 0) is 11.3 Å². The number of ether oxygens (including phenoxy) is 1. The molecule has 0 bridgehead atoms. The van der Waals surface area contributed by atoms with E-state index in [0.29, 0.717) is 17.2 Å². The minimum atomic E-state index is 0.0144. The van der Waals surface area contributed by atoms with E-state index in [1.165, 1.54) is 11.3 Å². The number of rotatable bonds is 2. The summed E-state index contributed by atoms with van der Waals surface area (Å²) in [7, 11) is 0. The van der Waals surface area contributed by atoms with Crippen molar-refractivity contribution in [3.63, 3.8) is 0 Å². The average Bonchev–Trinajstić information content (AvgIpc) is 2.84. The number of thiophene rings is 1. The normalized spacial score (nSPS) is 20.3. The van der Waals surface area contributed by atoms with E-state index in [1.54, 1.807) is 4.57 Å². The maximum Gasteiger partial charge on any atom is 0.263 e. The second-order valence-electron chi connectivity index (χ2n) is 4.59. The zero-order valence-corrected chi connectivity index (χ0v) is 11.5. The highest BCUT2D eigenvalue weighted by molar-refractivity contribution is 7.71. The monoisotopic (exact) mass is 282 g/mol. The first-order valence-electron chi connectivity index (χ1n) is 6.04. The van der Waals surface area contributed by atoms with Crippen LogP contribution in [0, 0.1) is 10.7 Å². The molecule has 1 N–H and O–H groups in total. The first-order valence-corrected chi connectivity index (χ1v) is 7.32. The predicted octanol–water partition coefficient (Wildman–Crippen LogP) is 2.55. The third-order valence-corrected chi connectivity index (χ3v) is 4.45. The largest absolute Gasteiger partial charge is 0.381 e. The lowest BCUT2D eigenvalue weighted by atomic mass is 10.0. The Labute approximate surface area is 113 Å². The smallest absolute Gasteiger partial charge is 0.263 e. The molecule has 0 aliphatic carbocycles. The van der Waals surface area contributed by atoms with Crippen LogP contribution in [0.4, 0.5) is 0 Å². The molecule has 0 aromatic carbocycles. The van der Waals surface area contributed by atoms with E-state index in [1.807, 2.05) is 11.4 Å². The number of nitrogens with one attached hydrogen (secondary N) is 1. The standard InChI is InChI=1S/C12H14N2O2S2/c15-11-9-3-5-18-10(9)13-12(17)14(11)6-8-2-1-4-16-7-8/h3,5,8H,1-2,4,6-7H2,(H,13,17). The Kier molecular flexibility index (Phi) is 3.32. The molecule has 4 nitrogen and oxygen atoms in total. The Bertz CT molecular complexity index is 665. The number of aromatic amines is 1. The van der Waals surface area contributed by atoms with Crippen molar-refractivity contribution in [2.75, 3.05) is 13.2 Å². The summed E-state index contributed by atoms with van der Waals surface area (Å²) in [4.78, 5) is 16.3. The summed E-state index contributed by atoms with van der Waals surface area (Å²) in [5.41, 5.74) is 0.0144. The highest BCUT2D eigenvalue weighted by Gasteiger charge is 2.16. The molecular formula is C12H14N2O2S2. The Morgan fingerprint density at radius 3 is 3.28 bits per heavy atom. The minimum absolute atomic E-state index is 0.0144. The van der Waals surface area contributed by atoms with Gasteiger partial charge in [-0.05, 0) is 36.5 Å². The highest BCUT2D eigenvalue weighted by atomic mass is 32.1. The molecule has 2 aromatic rings. The molecule has 1 aliphatic heterocycles. The molecule has 3 heterocycles. The van der Waals surface area contributed by atoms with Crippen molar-refractivity contribution in [1.82, 2.24) is 9.55 Å². The molecule has 1 aliphatic rings. The number of aromatic nitrogens is 2. The van der Waals surface area contributed by atoms with Crippen LogP contribution in [0.5, 0.6) is 0 Å². The van der Waals surface area contributed by atoms with Gasteiger partial charge in [-0.25, -0.2) is 0 Å². The molecule has 0 amide bonds. The topological polar surface area (TPSA) is 47.0 Å². The number of hydrogen-bond acceptors (Lipinski definition) is 4. The first kappa shape index (κ1) is 12.1. The van der Waals surface area contributed by atoms with Crippen molar-refractivity contribution in [1.29, 1.82) is 0 Å². The summed E-state index contributed by atoms with van der Waals surface area (Å²) in [5.74, 6) is 0.391. The molecule has 18 heavy (non-hydrogen) atoms. The zero-order chi connectivity index (χ0) is 12.5. The van der Waals surface area contributed by atoms with Crippen molar-refractivity contribution >= 4 is 33.8 Å². The molecule has 3 rings (SSSR count). The van der Waals surface area contributed by atoms with Crippen molar-refractivity contribution in [3.8, 4) is 0 Å². The van der Waals surface area contributed by atoms with E-state index in [4.69, 9.17) is 17.0 Å². The fraction of sp³-hybridized carbons (Fsp3) is 0.500. The molecule has 6 heteroatoms. The van der Waals surface area contributed by atoms with Crippen molar-refractivity contribution < 1.29 is 4.74 Å². The van der Waals surface area contributed by atoms with Crippen LogP contribution in [-0.4, -0.2) is 22.8 Å². The third kappa shape index (κ3) is 2.15. The fourth-order valence-corrected chi connectivity index (χ4v) is 3.45. The second-order valence-corrected chi connectivity index (χ2v) is 5.90. The summed E-state index contributed by atoms with van der Waals surface area (Å²) in [5, 5.41) is 2.64. The van der Waals surface area contributed by atoms with Crippen LogP contribution in [0.15, 0.2) is 16.2 Å². The quantitative estimate of drug-likeness (QED) is 0.861. The number of fused-ring (bicyclic) bond motifs is 1. The van der Waals surface area contributed by atoms with Gasteiger partial charge in [0.2, 0.25) is 0 Å². The fourth-order valence-electron chi connectivity index (χ4n) is 2.35. The molecule has 96 valence electrons. The van der Waals surface area contributed by atoms with Gasteiger partial charge in [0.15, 0.2) is 4.77 Å². The van der Waals surface area contributed by atoms with Gasteiger partial charge in [0.05, 0.1) is 12.0 Å². The third-order valence-electron chi connectivity index (χ3n) is 3.30. The van der Waals surface area contributed by atoms with Crippen LogP contribution in [0.1, 0.15) is 12.8 Å². The maximum absolute atomic E-state index is 12.3. The SMILES string of the molecule is O=c1c2ccsc2[nH]c(=S)n1CC1CCCOC1. The van der Waals surface area contributed by atoms with E-state index >= 15 is 0 Å². The number of H-pyrrole nitrogens is 1. The predicted molar refractivity (Wildman–Crippen MR) is 74.8 cm³/mol. The van der Waals surface area contributed by atoms with Gasteiger partial charge in [-0.3, -0.25) is 9.36 Å². The molecular weight excluding hydrogens is 268 g/mol. The summed E-state index contributed by atoms with van der Waals surface area (Å²) < 4.78 is 7.63. The van der Waals surface area contributed by atoms with E-state index in [9.17, 15) is 4.79 Å². The van der Waals surface area contributed by atoms with Gasteiger partial charge in [-0.1, -0.05) is 0 Å². The molecule has 1 saturated heterocycles. The van der Waals surface area contributed by atoms with Crippen molar-refractivity contribution in [2.24, 2.45) is 5.92 Å². The lowest BCUT2D eigenvalue weighted by Crippen LogP contribution is -2.29. The van der Waals surface area contributed by atoms with Crippen LogP contribution in [0.3, 0.4) is 0 Å². The van der Waals surface area contributed by atoms with Gasteiger partial charge in [0, 0.05) is 19.1 Å². The summed E-state index contributed by atoms with van der Waals surface area (Å²) in [6, 6.07) is 1.85. The first-order chi connectivity index (χ1) is 8.75. The number of nitrogens with zero attached hydrogens (tertiary/aromatic N) is 1. The van der Waals surface area contributed by atoms with Gasteiger partial charge in [0.25, 0.3) is 5.56 Å². The van der Waals surface area contributed by atoms with Gasteiger partial charge in [-0.15, -0.1) is 11.3 Å². The summed E-state index contributed by atoms with van der Waals surface area (Å²) in [6.07, 6.45) is 2.17. The van der Waals surface area contributed by atoms with Crippen LogP contribution in [0.25, 0.3) is 10.2 Å². The Balaban J connectivity index is 2.00. The second kappa shape index (κ2) is 4.95. The van der Waals surface area contributed by atoms with Crippen molar-refractivity contribution in [3.05, 3.63) is 26.6 Å². The summed E-state index contributed by atoms with van der Waals surface area (Å²) in [6.45, 7) is 2.21. The van der Waals surface area contributed by atoms with Gasteiger partial charge < -0.3 is 9.72 Å². The molecule has 0 spiro atoms. The summed E-state index contributed by atoms with van der Waals surface area (Å²) >= 11 is 6.78.